The fourth-order valence-electron chi connectivity index (χ4n) is 5.28. The van der Waals surface area contributed by atoms with Gasteiger partial charge in [0.25, 0.3) is 10.0 Å². The van der Waals surface area contributed by atoms with Gasteiger partial charge < -0.3 is 19.7 Å². The van der Waals surface area contributed by atoms with Crippen LogP contribution in [0.5, 0.6) is 5.75 Å². The minimum Gasteiger partial charge on any atom is -0.492 e. The quantitative estimate of drug-likeness (QED) is 0.329. The number of aryl methyl sites for hydroxylation is 1. The molecule has 5 rings (SSSR count). The second-order valence-electron chi connectivity index (χ2n) is 10.6. The van der Waals surface area contributed by atoms with Crippen molar-refractivity contribution in [2.24, 2.45) is 13.0 Å². The summed E-state index contributed by atoms with van der Waals surface area (Å²) in [6.07, 6.45) is 4.09. The lowest BCUT2D eigenvalue weighted by Crippen LogP contribution is -2.45. The Hall–Kier alpha value is -3.42. The van der Waals surface area contributed by atoms with Crippen molar-refractivity contribution in [1.29, 1.82) is 0 Å². The summed E-state index contributed by atoms with van der Waals surface area (Å²) >= 11 is 0. The lowest BCUT2D eigenvalue weighted by Gasteiger charge is -2.35. The van der Waals surface area contributed by atoms with Gasteiger partial charge in [0.15, 0.2) is 5.03 Å². The predicted octanol–water partition coefficient (Wildman–Crippen LogP) is 4.40. The van der Waals surface area contributed by atoms with Crippen molar-refractivity contribution in [2.75, 3.05) is 13.2 Å². The molecule has 228 valence electrons. The van der Waals surface area contributed by atoms with E-state index in [0.29, 0.717) is 6.61 Å². The molecular formula is C29H35F3N4O5S. The van der Waals surface area contributed by atoms with E-state index in [1.165, 1.54) is 43.8 Å². The number of hydrogen-bond acceptors (Lipinski definition) is 6. The van der Waals surface area contributed by atoms with Crippen LogP contribution in [-0.4, -0.2) is 54.4 Å². The Morgan fingerprint density at radius 2 is 1.81 bits per heavy atom. The van der Waals surface area contributed by atoms with Gasteiger partial charge in [-0.2, -0.15) is 13.2 Å². The van der Waals surface area contributed by atoms with Gasteiger partial charge in [-0.3, -0.25) is 0 Å². The second-order valence-corrected chi connectivity index (χ2v) is 12.4. The zero-order chi connectivity index (χ0) is 30.3. The van der Waals surface area contributed by atoms with Crippen LogP contribution in [0, 0.1) is 5.92 Å². The Bertz CT molecular complexity index is 1440. The number of nitrogens with zero attached hydrogens (tertiary/aromatic N) is 2. The summed E-state index contributed by atoms with van der Waals surface area (Å²) in [5.74, 6) is -0.871. The van der Waals surface area contributed by atoms with Crippen LogP contribution < -0.4 is 14.8 Å². The topological polar surface area (TPSA) is 123 Å². The first kappa shape index (κ1) is 31.5. The molecule has 0 radical (unpaired) electrons. The molecule has 3 aromatic rings. The van der Waals surface area contributed by atoms with Crippen molar-refractivity contribution in [3.8, 4) is 5.75 Å². The third kappa shape index (κ3) is 8.55. The highest BCUT2D eigenvalue weighted by molar-refractivity contribution is 7.89. The Kier molecular flexibility index (Phi) is 10.3. The minimum absolute atomic E-state index is 0.0272. The summed E-state index contributed by atoms with van der Waals surface area (Å²) in [6.45, 7) is 1.87. The number of aliphatic carboxylic acids is 1. The van der Waals surface area contributed by atoms with Crippen LogP contribution >= 0.6 is 0 Å². The SMILES string of the molecule is Cn1cnc(S(=O)(=O)NCc2ccc3c(c2)[C@@H](Cc2ccccc2)[C@@H](NCC2CCCC2)CO3)c1.O=C(O)C(F)(F)F. The molecule has 3 N–H and O–H groups in total. The maximum absolute atomic E-state index is 12.7. The summed E-state index contributed by atoms with van der Waals surface area (Å²) in [5, 5.41) is 11.0. The fourth-order valence-corrected chi connectivity index (χ4v) is 6.27. The molecule has 1 fully saturated rings. The van der Waals surface area contributed by atoms with Gasteiger partial charge >= 0.3 is 12.1 Å². The molecule has 42 heavy (non-hydrogen) atoms. The number of halogens is 3. The van der Waals surface area contributed by atoms with Gasteiger partial charge in [0, 0.05) is 31.7 Å². The van der Waals surface area contributed by atoms with E-state index in [1.807, 2.05) is 18.2 Å². The molecule has 1 aliphatic heterocycles. The number of carboxylic acids is 1. The number of carbonyl (C=O) groups is 1. The number of alkyl halides is 3. The predicted molar refractivity (Wildman–Crippen MR) is 149 cm³/mol. The molecule has 1 aromatic heterocycles. The zero-order valence-electron chi connectivity index (χ0n) is 23.2. The summed E-state index contributed by atoms with van der Waals surface area (Å²) in [4.78, 5) is 12.9. The largest absolute Gasteiger partial charge is 0.492 e. The minimum atomic E-state index is -5.08. The lowest BCUT2D eigenvalue weighted by molar-refractivity contribution is -0.192. The van der Waals surface area contributed by atoms with Gasteiger partial charge in [0.05, 0.1) is 6.33 Å². The van der Waals surface area contributed by atoms with Crippen LogP contribution in [-0.2, 0) is 34.8 Å². The van der Waals surface area contributed by atoms with Crippen molar-refractivity contribution >= 4 is 16.0 Å². The van der Waals surface area contributed by atoms with Crippen LogP contribution in [0.15, 0.2) is 66.1 Å². The standard InChI is InChI=1S/C27H34N4O3S.C2HF3O2/c1-31-17-27(29-19-31)35(32,33)30-16-22-11-12-26-24(14-22)23(13-20-7-3-2-4-8-20)25(18-34-26)28-15-21-9-5-6-10-21;3-2(4,5)1(6)7/h2-4,7-8,11-12,14,17,19,21,23,25,28,30H,5-6,9-10,13,15-16,18H2,1H3;(H,6,7)/t23-,25+;/m1./s1. The van der Waals surface area contributed by atoms with Crippen LogP contribution in [0.25, 0.3) is 0 Å². The van der Waals surface area contributed by atoms with E-state index in [2.05, 4.69) is 45.4 Å². The first-order valence-corrected chi connectivity index (χ1v) is 15.2. The van der Waals surface area contributed by atoms with Gasteiger partial charge in [0.1, 0.15) is 12.4 Å². The highest BCUT2D eigenvalue weighted by Crippen LogP contribution is 2.37. The monoisotopic (exact) mass is 608 g/mol. The average molecular weight is 609 g/mol. The van der Waals surface area contributed by atoms with E-state index < -0.39 is 22.2 Å². The van der Waals surface area contributed by atoms with Gasteiger partial charge in [-0.05, 0) is 54.5 Å². The van der Waals surface area contributed by atoms with E-state index >= 15 is 0 Å². The van der Waals surface area contributed by atoms with Crippen LogP contribution in [0.1, 0.15) is 48.3 Å². The summed E-state index contributed by atoms with van der Waals surface area (Å²) in [7, 11) is -1.93. The first-order valence-electron chi connectivity index (χ1n) is 13.7. The number of fused-ring (bicyclic) bond motifs is 1. The van der Waals surface area contributed by atoms with Gasteiger partial charge in [-0.15, -0.1) is 0 Å². The maximum atomic E-state index is 12.7. The first-order chi connectivity index (χ1) is 19.9. The molecule has 0 unspecified atom stereocenters. The molecule has 2 aliphatic rings. The van der Waals surface area contributed by atoms with E-state index in [9.17, 15) is 21.6 Å². The van der Waals surface area contributed by atoms with E-state index in [1.54, 1.807) is 11.6 Å². The Morgan fingerprint density at radius 3 is 2.43 bits per heavy atom. The molecule has 0 saturated heterocycles. The molecule has 9 nitrogen and oxygen atoms in total. The van der Waals surface area contributed by atoms with E-state index in [0.717, 1.165) is 35.8 Å². The summed E-state index contributed by atoms with van der Waals surface area (Å²) in [6, 6.07) is 16.8. The van der Waals surface area contributed by atoms with E-state index in [-0.39, 0.29) is 23.5 Å². The molecule has 2 atom stereocenters. The summed E-state index contributed by atoms with van der Waals surface area (Å²) < 4.78 is 67.5. The lowest BCUT2D eigenvalue weighted by atomic mass is 9.83. The number of ether oxygens (including phenoxy) is 1. The molecule has 2 aromatic carbocycles. The van der Waals surface area contributed by atoms with Crippen molar-refractivity contribution in [3.63, 3.8) is 0 Å². The van der Waals surface area contributed by atoms with Crippen LogP contribution in [0.4, 0.5) is 13.2 Å². The number of hydrogen-bond donors (Lipinski definition) is 3. The number of aromatic nitrogens is 2. The maximum Gasteiger partial charge on any atom is 0.490 e. The zero-order valence-corrected chi connectivity index (χ0v) is 24.0. The van der Waals surface area contributed by atoms with Crippen molar-refractivity contribution in [2.45, 2.75) is 61.8 Å². The molecule has 13 heteroatoms. The van der Waals surface area contributed by atoms with Crippen LogP contribution in [0.2, 0.25) is 0 Å². The number of carboxylic acid groups (broad SMARTS) is 1. The fraction of sp³-hybridized carbons (Fsp3) is 0.448. The third-order valence-corrected chi connectivity index (χ3v) is 8.77. The number of nitrogens with one attached hydrogen (secondary N) is 2. The normalized spacial score (nSPS) is 19.0. The van der Waals surface area contributed by atoms with Gasteiger partial charge in [-0.25, -0.2) is 22.9 Å². The number of imidazole rings is 1. The highest BCUT2D eigenvalue weighted by Gasteiger charge is 2.38. The Labute approximate surface area is 243 Å². The summed E-state index contributed by atoms with van der Waals surface area (Å²) in [5.41, 5.74) is 3.33. The smallest absolute Gasteiger partial charge is 0.490 e. The van der Waals surface area contributed by atoms with Crippen LogP contribution in [0.3, 0.4) is 0 Å². The van der Waals surface area contributed by atoms with Crippen molar-refractivity contribution in [3.05, 3.63) is 77.7 Å². The van der Waals surface area contributed by atoms with Gasteiger partial charge in [0.2, 0.25) is 0 Å². The number of sulfonamides is 1. The molecule has 0 bridgehead atoms. The van der Waals surface area contributed by atoms with Gasteiger partial charge in [-0.1, -0.05) is 55.3 Å². The highest BCUT2D eigenvalue weighted by atomic mass is 32.2. The average Bonchev–Trinajstić information content (AvgIpc) is 3.64. The van der Waals surface area contributed by atoms with E-state index in [4.69, 9.17) is 14.6 Å². The van der Waals surface area contributed by atoms with Crippen molar-refractivity contribution in [1.82, 2.24) is 19.6 Å². The number of rotatable bonds is 9. The molecular weight excluding hydrogens is 573 g/mol. The molecule has 0 amide bonds. The molecule has 0 spiro atoms. The Morgan fingerprint density at radius 1 is 1.12 bits per heavy atom. The molecule has 2 heterocycles. The third-order valence-electron chi connectivity index (χ3n) is 7.48. The molecule has 1 saturated carbocycles. The second kappa shape index (κ2) is 13.7. The van der Waals surface area contributed by atoms with Crippen molar-refractivity contribution < 1.29 is 36.2 Å². The molecule has 1 aliphatic carbocycles. The Balaban J connectivity index is 0.000000517. The number of benzene rings is 2.